The number of aliphatic carboxylic acids is 1. The lowest BCUT2D eigenvalue weighted by Crippen LogP contribution is -1.93. The van der Waals surface area contributed by atoms with Gasteiger partial charge < -0.3 is 5.11 Å². The number of ketones is 1. The van der Waals surface area contributed by atoms with Gasteiger partial charge in [-0.05, 0) is 31.8 Å². The van der Waals surface area contributed by atoms with Crippen LogP contribution in [0.4, 0.5) is 0 Å². The summed E-state index contributed by atoms with van der Waals surface area (Å²) in [6.07, 6.45) is 17.9. The SMILES string of the molecule is CCCCCC(=O)C=C/C=C/CCCCCCCC(=O)O. The number of unbranched alkanes of at least 4 members (excludes halogenated alkanes) is 7. The molecule has 0 aliphatic carbocycles. The molecule has 0 bridgehead atoms. The zero-order chi connectivity index (χ0) is 15.8. The molecule has 0 spiro atoms. The molecule has 1 N–H and O–H groups in total. The number of carboxylic acid groups (broad SMARTS) is 1. The molecule has 3 nitrogen and oxygen atoms in total. The number of carboxylic acids is 1. The zero-order valence-electron chi connectivity index (χ0n) is 13.4. The minimum atomic E-state index is -0.700. The van der Waals surface area contributed by atoms with Gasteiger partial charge in [-0.15, -0.1) is 0 Å². The van der Waals surface area contributed by atoms with Crippen LogP contribution in [0, 0.1) is 0 Å². The van der Waals surface area contributed by atoms with Gasteiger partial charge in [-0.3, -0.25) is 9.59 Å². The second-order valence-electron chi connectivity index (χ2n) is 5.41. The van der Waals surface area contributed by atoms with E-state index in [1.165, 1.54) is 0 Å². The highest BCUT2D eigenvalue weighted by Crippen LogP contribution is 2.07. The van der Waals surface area contributed by atoms with Crippen molar-refractivity contribution >= 4 is 11.8 Å². The van der Waals surface area contributed by atoms with Crippen LogP contribution in [0.3, 0.4) is 0 Å². The van der Waals surface area contributed by atoms with Crippen LogP contribution in [0.25, 0.3) is 0 Å². The Kier molecular flexibility index (Phi) is 14.0. The third kappa shape index (κ3) is 16.6. The molecule has 0 amide bonds. The average Bonchev–Trinajstić information content (AvgIpc) is 2.44. The molecule has 0 radical (unpaired) electrons. The highest BCUT2D eigenvalue weighted by molar-refractivity contribution is 5.89. The predicted octanol–water partition coefficient (Wildman–Crippen LogP) is 5.06. The molecule has 21 heavy (non-hydrogen) atoms. The first kappa shape index (κ1) is 19.6. The van der Waals surface area contributed by atoms with E-state index in [-0.39, 0.29) is 12.2 Å². The molecule has 0 aromatic heterocycles. The standard InChI is InChI=1S/C18H30O3/c1-2-3-11-14-17(19)15-12-9-7-5-4-6-8-10-13-16-18(20)21/h7,9,12,15H,2-6,8,10-11,13-14,16H2,1H3,(H,20,21)/b9-7+,15-12?. The summed E-state index contributed by atoms with van der Waals surface area (Å²) in [5.74, 6) is -0.486. The van der Waals surface area contributed by atoms with Crippen LogP contribution in [0.1, 0.15) is 77.6 Å². The van der Waals surface area contributed by atoms with Crippen molar-refractivity contribution in [3.63, 3.8) is 0 Å². The van der Waals surface area contributed by atoms with Gasteiger partial charge in [-0.2, -0.15) is 0 Å². The topological polar surface area (TPSA) is 54.4 Å². The molecule has 0 saturated heterocycles. The molecule has 0 aromatic carbocycles. The largest absolute Gasteiger partial charge is 0.481 e. The summed E-state index contributed by atoms with van der Waals surface area (Å²) in [7, 11) is 0. The average molecular weight is 294 g/mol. The second-order valence-corrected chi connectivity index (χ2v) is 5.41. The van der Waals surface area contributed by atoms with E-state index in [1.54, 1.807) is 6.08 Å². The summed E-state index contributed by atoms with van der Waals surface area (Å²) < 4.78 is 0. The van der Waals surface area contributed by atoms with Gasteiger partial charge in [0.05, 0.1) is 0 Å². The van der Waals surface area contributed by atoms with Crippen molar-refractivity contribution in [2.45, 2.75) is 77.6 Å². The lowest BCUT2D eigenvalue weighted by atomic mass is 10.1. The van der Waals surface area contributed by atoms with Crippen molar-refractivity contribution in [3.8, 4) is 0 Å². The lowest BCUT2D eigenvalue weighted by molar-refractivity contribution is -0.137. The van der Waals surface area contributed by atoms with Gasteiger partial charge >= 0.3 is 5.97 Å². The van der Waals surface area contributed by atoms with Crippen LogP contribution in [0.5, 0.6) is 0 Å². The van der Waals surface area contributed by atoms with Crippen LogP contribution in [0.15, 0.2) is 24.3 Å². The predicted molar refractivity (Wildman–Crippen MR) is 87.4 cm³/mol. The summed E-state index contributed by atoms with van der Waals surface area (Å²) in [6.45, 7) is 2.13. The molecule has 120 valence electrons. The minimum Gasteiger partial charge on any atom is -0.481 e. The Morgan fingerprint density at radius 2 is 1.52 bits per heavy atom. The van der Waals surface area contributed by atoms with Crippen LogP contribution in [-0.2, 0) is 9.59 Å². The molecule has 0 heterocycles. The van der Waals surface area contributed by atoms with Gasteiger partial charge in [0, 0.05) is 12.8 Å². The van der Waals surface area contributed by atoms with Crippen molar-refractivity contribution < 1.29 is 14.7 Å². The fourth-order valence-electron chi connectivity index (χ4n) is 2.04. The molecule has 0 aromatic rings. The van der Waals surface area contributed by atoms with Crippen molar-refractivity contribution in [1.29, 1.82) is 0 Å². The molecule has 0 rings (SSSR count). The van der Waals surface area contributed by atoms with Crippen LogP contribution >= 0.6 is 0 Å². The van der Waals surface area contributed by atoms with E-state index in [9.17, 15) is 9.59 Å². The second kappa shape index (κ2) is 15.0. The van der Waals surface area contributed by atoms with Gasteiger partial charge in [-0.1, -0.05) is 57.3 Å². The van der Waals surface area contributed by atoms with Crippen LogP contribution < -0.4 is 0 Å². The van der Waals surface area contributed by atoms with E-state index >= 15 is 0 Å². The molecule has 0 aliphatic rings. The normalized spacial score (nSPS) is 11.5. The molecule has 0 saturated carbocycles. The van der Waals surface area contributed by atoms with Crippen molar-refractivity contribution in [2.75, 3.05) is 0 Å². The summed E-state index contributed by atoms with van der Waals surface area (Å²) in [5.41, 5.74) is 0. The first-order valence-electron chi connectivity index (χ1n) is 8.24. The Bertz CT molecular complexity index is 329. The molecule has 0 atom stereocenters. The minimum absolute atomic E-state index is 0.214. The third-order valence-corrected chi connectivity index (χ3v) is 3.32. The van der Waals surface area contributed by atoms with E-state index in [1.807, 2.05) is 12.2 Å². The van der Waals surface area contributed by atoms with E-state index in [4.69, 9.17) is 5.11 Å². The molecule has 3 heteroatoms. The number of rotatable bonds is 14. The smallest absolute Gasteiger partial charge is 0.303 e. The maximum absolute atomic E-state index is 11.4. The molecular weight excluding hydrogens is 264 g/mol. The van der Waals surface area contributed by atoms with Crippen LogP contribution in [0.2, 0.25) is 0 Å². The van der Waals surface area contributed by atoms with Gasteiger partial charge in [0.15, 0.2) is 5.78 Å². The van der Waals surface area contributed by atoms with Crippen molar-refractivity contribution in [3.05, 3.63) is 24.3 Å². The Morgan fingerprint density at radius 3 is 2.24 bits per heavy atom. The van der Waals surface area contributed by atoms with Gasteiger partial charge in [-0.25, -0.2) is 0 Å². The zero-order valence-corrected chi connectivity index (χ0v) is 13.4. The highest BCUT2D eigenvalue weighted by Gasteiger charge is 1.96. The Hall–Kier alpha value is -1.38. The fraction of sp³-hybridized carbons (Fsp3) is 0.667. The van der Waals surface area contributed by atoms with E-state index in [0.717, 1.165) is 57.8 Å². The van der Waals surface area contributed by atoms with Gasteiger partial charge in [0.2, 0.25) is 0 Å². The first-order valence-corrected chi connectivity index (χ1v) is 8.24. The summed E-state index contributed by atoms with van der Waals surface area (Å²) in [5, 5.41) is 8.50. The molecule has 0 unspecified atom stereocenters. The highest BCUT2D eigenvalue weighted by atomic mass is 16.4. The maximum atomic E-state index is 11.4. The number of carbonyl (C=O) groups is 2. The monoisotopic (exact) mass is 294 g/mol. The Labute approximate surface area is 129 Å². The number of hydrogen-bond acceptors (Lipinski definition) is 2. The van der Waals surface area contributed by atoms with Crippen molar-refractivity contribution in [2.24, 2.45) is 0 Å². The van der Waals surface area contributed by atoms with Crippen molar-refractivity contribution in [1.82, 2.24) is 0 Å². The summed E-state index contributed by atoms with van der Waals surface area (Å²) >= 11 is 0. The van der Waals surface area contributed by atoms with Gasteiger partial charge in [0.1, 0.15) is 0 Å². The Balaban J connectivity index is 3.39. The summed E-state index contributed by atoms with van der Waals surface area (Å²) in [6, 6.07) is 0. The number of carbonyl (C=O) groups excluding carboxylic acids is 1. The molecular formula is C18H30O3. The van der Waals surface area contributed by atoms with Gasteiger partial charge in [0.25, 0.3) is 0 Å². The maximum Gasteiger partial charge on any atom is 0.303 e. The first-order chi connectivity index (χ1) is 10.2. The van der Waals surface area contributed by atoms with E-state index < -0.39 is 5.97 Å². The number of allylic oxidation sites excluding steroid dienone is 4. The Morgan fingerprint density at radius 1 is 0.857 bits per heavy atom. The van der Waals surface area contributed by atoms with E-state index in [2.05, 4.69) is 13.0 Å². The third-order valence-electron chi connectivity index (χ3n) is 3.32. The fourth-order valence-corrected chi connectivity index (χ4v) is 2.04. The molecule has 0 aliphatic heterocycles. The van der Waals surface area contributed by atoms with E-state index in [0.29, 0.717) is 6.42 Å². The van der Waals surface area contributed by atoms with Crippen LogP contribution in [-0.4, -0.2) is 16.9 Å². The molecule has 0 fully saturated rings. The number of hydrogen-bond donors (Lipinski definition) is 1. The summed E-state index contributed by atoms with van der Waals surface area (Å²) in [4.78, 5) is 21.8. The quantitative estimate of drug-likeness (QED) is 0.277. The lowest BCUT2D eigenvalue weighted by Gasteiger charge is -1.97.